The molecule has 1 aliphatic heterocycles. The first-order chi connectivity index (χ1) is 15.4. The zero-order valence-electron chi connectivity index (χ0n) is 17.6. The van der Waals surface area contributed by atoms with Gasteiger partial charge in [-0.15, -0.1) is 18.2 Å². The van der Waals surface area contributed by atoms with Gasteiger partial charge < -0.3 is 19.1 Å². The molecule has 1 aromatic carbocycles. The van der Waals surface area contributed by atoms with Crippen molar-refractivity contribution < 1.29 is 19.1 Å². The van der Waals surface area contributed by atoms with Crippen molar-refractivity contribution in [1.29, 1.82) is 0 Å². The van der Waals surface area contributed by atoms with Gasteiger partial charge in [0.15, 0.2) is 4.80 Å². The Labute approximate surface area is 202 Å². The maximum atomic E-state index is 12.4. The predicted octanol–water partition coefficient (Wildman–Crippen LogP) is 2.56. The van der Waals surface area contributed by atoms with Gasteiger partial charge in [-0.3, -0.25) is 9.59 Å². The fourth-order valence-electron chi connectivity index (χ4n) is 3.19. The molecule has 0 radical (unpaired) electrons. The van der Waals surface area contributed by atoms with Gasteiger partial charge in [-0.2, -0.15) is 4.99 Å². The zero-order valence-corrected chi connectivity index (χ0v) is 20.8. The Morgan fingerprint density at radius 1 is 1.22 bits per heavy atom. The molecule has 1 aromatic heterocycles. The van der Waals surface area contributed by atoms with Gasteiger partial charge in [0.2, 0.25) is 5.91 Å². The van der Waals surface area contributed by atoms with Crippen LogP contribution in [0.4, 0.5) is 4.79 Å². The Kier molecular flexibility index (Phi) is 8.78. The summed E-state index contributed by atoms with van der Waals surface area (Å²) in [6.07, 6.45) is 5.14. The molecule has 3 amide bonds. The third kappa shape index (κ3) is 6.15. The lowest BCUT2D eigenvalue weighted by Gasteiger charge is -2.34. The Balaban J connectivity index is 1.54. The summed E-state index contributed by atoms with van der Waals surface area (Å²) in [5, 5.41) is 0. The number of rotatable bonds is 6. The second-order valence-corrected chi connectivity index (χ2v) is 9.76. The zero-order chi connectivity index (χ0) is 23.1. The van der Waals surface area contributed by atoms with E-state index in [9.17, 15) is 14.4 Å². The molecule has 0 spiro atoms. The third-order valence-corrected chi connectivity index (χ3v) is 7.16. The number of carbonyl (C=O) groups excluding carboxylic acids is 3. The van der Waals surface area contributed by atoms with Crippen molar-refractivity contribution in [1.82, 2.24) is 14.4 Å². The van der Waals surface area contributed by atoms with E-state index in [2.05, 4.69) is 26.8 Å². The van der Waals surface area contributed by atoms with Crippen molar-refractivity contribution in [3.8, 4) is 12.3 Å². The summed E-state index contributed by atoms with van der Waals surface area (Å²) < 4.78 is 8.74. The number of piperazine rings is 1. The van der Waals surface area contributed by atoms with E-state index in [0.29, 0.717) is 44.1 Å². The lowest BCUT2D eigenvalue weighted by atomic mass is 10.3. The van der Waals surface area contributed by atoms with Crippen LogP contribution >= 0.6 is 39.0 Å². The van der Waals surface area contributed by atoms with E-state index < -0.39 is 0 Å². The minimum atomic E-state index is -0.350. The second-order valence-electron chi connectivity index (χ2n) is 6.85. The number of thiazole rings is 1. The number of halogens is 1. The van der Waals surface area contributed by atoms with Gasteiger partial charge in [0.05, 0.1) is 34.9 Å². The monoisotopic (exact) mass is 538 g/mol. The van der Waals surface area contributed by atoms with Crippen molar-refractivity contribution >= 4 is 67.2 Å². The van der Waals surface area contributed by atoms with Crippen LogP contribution in [0, 0.1) is 12.3 Å². The number of thioether (sulfide) groups is 1. The highest BCUT2D eigenvalue weighted by Crippen LogP contribution is 2.22. The van der Waals surface area contributed by atoms with E-state index in [0.717, 1.165) is 14.7 Å². The van der Waals surface area contributed by atoms with Crippen LogP contribution in [0.15, 0.2) is 27.7 Å². The molecule has 8 nitrogen and oxygen atoms in total. The average Bonchev–Trinajstić information content (AvgIpc) is 3.10. The number of ether oxygens (including phenoxy) is 1. The van der Waals surface area contributed by atoms with E-state index in [-0.39, 0.29) is 29.4 Å². The first kappa shape index (κ1) is 24.4. The topological polar surface area (TPSA) is 84.2 Å². The molecule has 2 heterocycles. The molecule has 1 saturated heterocycles. The van der Waals surface area contributed by atoms with Crippen LogP contribution in [0.2, 0.25) is 0 Å². The fourth-order valence-corrected chi connectivity index (χ4v) is 5.48. The Bertz CT molecular complexity index is 1110. The average molecular weight is 539 g/mol. The van der Waals surface area contributed by atoms with Gasteiger partial charge in [-0.25, -0.2) is 4.79 Å². The van der Waals surface area contributed by atoms with Crippen LogP contribution in [0.1, 0.15) is 6.92 Å². The number of terminal acetylenes is 1. The van der Waals surface area contributed by atoms with Gasteiger partial charge >= 0.3 is 6.09 Å². The van der Waals surface area contributed by atoms with E-state index in [1.54, 1.807) is 16.7 Å². The van der Waals surface area contributed by atoms with Gasteiger partial charge in [0.1, 0.15) is 0 Å². The SMILES string of the molecule is C#CCn1c(=NC(=O)CSCC(=O)N2CCN(C(=O)OCC)CC2)sc2cc(Br)ccc21. The number of amides is 3. The Morgan fingerprint density at radius 3 is 2.62 bits per heavy atom. The summed E-state index contributed by atoms with van der Waals surface area (Å²) in [6.45, 7) is 4.21. The van der Waals surface area contributed by atoms with Crippen molar-refractivity contribution in [3.05, 3.63) is 27.5 Å². The second kappa shape index (κ2) is 11.5. The van der Waals surface area contributed by atoms with E-state index in [1.807, 2.05) is 22.8 Å². The van der Waals surface area contributed by atoms with Crippen LogP contribution in [-0.4, -0.2) is 76.6 Å². The van der Waals surface area contributed by atoms with E-state index in [4.69, 9.17) is 11.2 Å². The minimum absolute atomic E-state index is 0.0552. The highest BCUT2D eigenvalue weighted by Gasteiger charge is 2.24. The summed E-state index contributed by atoms with van der Waals surface area (Å²) in [7, 11) is 0. The largest absolute Gasteiger partial charge is 0.450 e. The number of benzene rings is 1. The number of hydrogen-bond donors (Lipinski definition) is 0. The molecule has 0 saturated carbocycles. The molecule has 170 valence electrons. The molecule has 32 heavy (non-hydrogen) atoms. The molecule has 0 unspecified atom stereocenters. The standard InChI is InChI=1S/C21H23BrN4O4S2/c1-3-7-26-16-6-5-15(22)12-17(16)32-20(26)23-18(27)13-31-14-19(28)24-8-10-25(11-9-24)21(29)30-4-2/h1,5-6,12H,4,7-11,13-14H2,2H3. The van der Waals surface area contributed by atoms with Gasteiger partial charge in [0, 0.05) is 30.7 Å². The van der Waals surface area contributed by atoms with E-state index in [1.165, 1.54) is 23.1 Å². The summed E-state index contributed by atoms with van der Waals surface area (Å²) in [6, 6.07) is 5.82. The molecule has 1 fully saturated rings. The third-order valence-electron chi connectivity index (χ3n) is 4.72. The Morgan fingerprint density at radius 2 is 1.94 bits per heavy atom. The molecule has 11 heteroatoms. The van der Waals surface area contributed by atoms with Crippen LogP contribution in [-0.2, 0) is 20.9 Å². The lowest BCUT2D eigenvalue weighted by molar-refractivity contribution is -0.129. The summed E-state index contributed by atoms with van der Waals surface area (Å²) >= 11 is 6.08. The molecular formula is C21H23BrN4O4S2. The van der Waals surface area contributed by atoms with Crippen LogP contribution in [0.3, 0.4) is 0 Å². The number of carbonyl (C=O) groups is 3. The van der Waals surface area contributed by atoms with E-state index >= 15 is 0 Å². The predicted molar refractivity (Wildman–Crippen MR) is 129 cm³/mol. The lowest BCUT2D eigenvalue weighted by Crippen LogP contribution is -2.51. The first-order valence-corrected chi connectivity index (χ1v) is 12.8. The number of fused-ring (bicyclic) bond motifs is 1. The van der Waals surface area contributed by atoms with Gasteiger partial charge in [-0.1, -0.05) is 33.2 Å². The fraction of sp³-hybridized carbons (Fsp3) is 0.429. The molecule has 3 rings (SSSR count). The highest BCUT2D eigenvalue weighted by atomic mass is 79.9. The highest BCUT2D eigenvalue weighted by molar-refractivity contribution is 9.10. The van der Waals surface area contributed by atoms with Crippen LogP contribution < -0.4 is 4.80 Å². The molecule has 0 bridgehead atoms. The minimum Gasteiger partial charge on any atom is -0.450 e. The normalized spacial score (nSPS) is 14.5. The van der Waals surface area contributed by atoms with Crippen molar-refractivity contribution in [2.45, 2.75) is 13.5 Å². The molecule has 1 aliphatic rings. The Hall–Kier alpha value is -2.29. The maximum absolute atomic E-state index is 12.4. The number of aromatic nitrogens is 1. The quantitative estimate of drug-likeness (QED) is 0.527. The van der Waals surface area contributed by atoms with Crippen LogP contribution in [0.5, 0.6) is 0 Å². The summed E-state index contributed by atoms with van der Waals surface area (Å²) in [5.74, 6) is 2.52. The summed E-state index contributed by atoms with van der Waals surface area (Å²) in [5.41, 5.74) is 0.924. The van der Waals surface area contributed by atoms with Gasteiger partial charge in [-0.05, 0) is 25.1 Å². The molecule has 0 aliphatic carbocycles. The van der Waals surface area contributed by atoms with Crippen molar-refractivity contribution in [2.75, 3.05) is 44.3 Å². The molecule has 0 N–H and O–H groups in total. The summed E-state index contributed by atoms with van der Waals surface area (Å²) in [4.78, 5) is 44.7. The van der Waals surface area contributed by atoms with Crippen molar-refractivity contribution in [2.24, 2.45) is 4.99 Å². The maximum Gasteiger partial charge on any atom is 0.409 e. The number of nitrogens with zero attached hydrogens (tertiary/aromatic N) is 4. The molecule has 0 atom stereocenters. The van der Waals surface area contributed by atoms with Crippen molar-refractivity contribution in [3.63, 3.8) is 0 Å². The number of hydrogen-bond acceptors (Lipinski definition) is 6. The smallest absolute Gasteiger partial charge is 0.409 e. The molecule has 2 aromatic rings. The molecular weight excluding hydrogens is 516 g/mol. The van der Waals surface area contributed by atoms with Crippen LogP contribution in [0.25, 0.3) is 10.2 Å². The first-order valence-electron chi connectivity index (χ1n) is 10.00. The van der Waals surface area contributed by atoms with Gasteiger partial charge in [0.25, 0.3) is 5.91 Å².